The topological polar surface area (TPSA) is 77.0 Å². The number of aromatic nitrogens is 3. The lowest BCUT2D eigenvalue weighted by molar-refractivity contribution is 0.102. The Morgan fingerprint density at radius 1 is 1.21 bits per heavy atom. The normalized spacial score (nSPS) is 14.6. The molecule has 1 aromatic carbocycles. The van der Waals surface area contributed by atoms with Crippen LogP contribution in [0.25, 0.3) is 21.1 Å². The van der Waals surface area contributed by atoms with E-state index in [-0.39, 0.29) is 12.0 Å². The minimum Gasteiger partial charge on any atom is -0.488 e. The van der Waals surface area contributed by atoms with E-state index in [0.29, 0.717) is 22.5 Å². The van der Waals surface area contributed by atoms with Crippen molar-refractivity contribution in [2.75, 3.05) is 5.32 Å². The molecule has 0 saturated heterocycles. The van der Waals surface area contributed by atoms with Gasteiger partial charge in [-0.2, -0.15) is 0 Å². The van der Waals surface area contributed by atoms with Crippen molar-refractivity contribution in [1.82, 2.24) is 15.0 Å². The Labute approximate surface area is 165 Å². The summed E-state index contributed by atoms with van der Waals surface area (Å²) in [7, 11) is 0. The van der Waals surface area contributed by atoms with E-state index in [9.17, 15) is 4.79 Å². The third-order valence-electron chi connectivity index (χ3n) is 5.03. The van der Waals surface area contributed by atoms with Crippen LogP contribution in [0.4, 0.5) is 5.69 Å². The molecule has 1 aliphatic rings. The van der Waals surface area contributed by atoms with Crippen molar-refractivity contribution in [3.8, 4) is 5.75 Å². The summed E-state index contributed by atoms with van der Waals surface area (Å²) in [5, 5.41) is 5.79. The molecule has 0 bridgehead atoms. The van der Waals surface area contributed by atoms with E-state index in [2.05, 4.69) is 20.3 Å². The second kappa shape index (κ2) is 7.16. The van der Waals surface area contributed by atoms with Crippen LogP contribution in [-0.4, -0.2) is 27.0 Å². The molecule has 4 aromatic rings. The van der Waals surface area contributed by atoms with Crippen LogP contribution in [0.15, 0.2) is 48.4 Å². The lowest BCUT2D eigenvalue weighted by Gasteiger charge is -2.17. The third kappa shape index (κ3) is 3.18. The number of ether oxygens (including phenoxy) is 1. The van der Waals surface area contributed by atoms with Crippen LogP contribution in [0.1, 0.15) is 36.0 Å². The zero-order valence-electron chi connectivity index (χ0n) is 15.1. The highest BCUT2D eigenvalue weighted by Crippen LogP contribution is 2.34. The minimum absolute atomic E-state index is 0.187. The molecule has 0 aliphatic heterocycles. The maximum atomic E-state index is 13.0. The molecule has 7 heteroatoms. The summed E-state index contributed by atoms with van der Waals surface area (Å²) in [5.74, 6) is 0.463. The highest BCUT2D eigenvalue weighted by Gasteiger charge is 2.21. The van der Waals surface area contributed by atoms with Gasteiger partial charge >= 0.3 is 0 Å². The number of thiophene rings is 1. The zero-order chi connectivity index (χ0) is 18.9. The number of rotatable bonds is 4. The summed E-state index contributed by atoms with van der Waals surface area (Å²) in [6, 6.07) is 7.70. The first-order valence-electron chi connectivity index (χ1n) is 9.32. The minimum atomic E-state index is -0.204. The van der Waals surface area contributed by atoms with Gasteiger partial charge in [-0.05, 0) is 37.8 Å². The lowest BCUT2D eigenvalue weighted by Crippen LogP contribution is -2.16. The number of amides is 1. The first-order valence-corrected chi connectivity index (χ1v) is 10.2. The van der Waals surface area contributed by atoms with E-state index < -0.39 is 0 Å². The Bertz CT molecular complexity index is 1170. The standard InChI is InChI=1S/C21H18N4O2S/c26-21(15-11-28-19-10-22-12-24-20(15)19)25-17-8-13-4-3-7-23-16(13)9-18(17)27-14-5-1-2-6-14/h3-4,7-12,14H,1-2,5-6H2,(H,25,26). The van der Waals surface area contributed by atoms with Crippen molar-refractivity contribution in [3.63, 3.8) is 0 Å². The number of pyridine rings is 1. The molecule has 5 rings (SSSR count). The Balaban J connectivity index is 1.51. The fraction of sp³-hybridized carbons (Fsp3) is 0.238. The lowest BCUT2D eigenvalue weighted by atomic mass is 10.1. The van der Waals surface area contributed by atoms with Gasteiger partial charge in [0.2, 0.25) is 0 Å². The van der Waals surface area contributed by atoms with Crippen molar-refractivity contribution < 1.29 is 9.53 Å². The summed E-state index contributed by atoms with van der Waals surface area (Å²) in [5.41, 5.74) is 2.71. The van der Waals surface area contributed by atoms with Crippen molar-refractivity contribution in [3.05, 3.63) is 53.9 Å². The molecule has 3 aromatic heterocycles. The van der Waals surface area contributed by atoms with Crippen LogP contribution in [-0.2, 0) is 0 Å². The molecule has 0 unspecified atom stereocenters. The molecule has 1 saturated carbocycles. The van der Waals surface area contributed by atoms with E-state index in [0.717, 1.165) is 28.4 Å². The van der Waals surface area contributed by atoms with Crippen LogP contribution >= 0.6 is 11.3 Å². The van der Waals surface area contributed by atoms with E-state index in [1.165, 1.54) is 30.5 Å². The number of nitrogens with zero attached hydrogens (tertiary/aromatic N) is 3. The number of hydrogen-bond acceptors (Lipinski definition) is 6. The molecule has 3 heterocycles. The SMILES string of the molecule is O=C(Nc1cc2cccnc2cc1OC1CCCC1)c1csc2cncnc12. The maximum absolute atomic E-state index is 13.0. The van der Waals surface area contributed by atoms with Crippen LogP contribution in [0, 0.1) is 0 Å². The van der Waals surface area contributed by atoms with Crippen LogP contribution in [0.2, 0.25) is 0 Å². The first kappa shape index (κ1) is 17.1. The number of nitrogens with one attached hydrogen (secondary N) is 1. The second-order valence-electron chi connectivity index (χ2n) is 6.91. The van der Waals surface area contributed by atoms with Gasteiger partial charge in [-0.1, -0.05) is 6.07 Å². The highest BCUT2D eigenvalue weighted by molar-refractivity contribution is 7.17. The summed E-state index contributed by atoms with van der Waals surface area (Å²) in [4.78, 5) is 25.7. The van der Waals surface area contributed by atoms with E-state index in [1.54, 1.807) is 12.4 Å². The van der Waals surface area contributed by atoms with Crippen LogP contribution < -0.4 is 10.1 Å². The van der Waals surface area contributed by atoms with E-state index in [4.69, 9.17) is 4.74 Å². The summed E-state index contributed by atoms with van der Waals surface area (Å²) >= 11 is 1.46. The molecule has 1 aliphatic carbocycles. The largest absolute Gasteiger partial charge is 0.488 e. The van der Waals surface area contributed by atoms with Gasteiger partial charge in [0.1, 0.15) is 12.1 Å². The van der Waals surface area contributed by atoms with Gasteiger partial charge < -0.3 is 10.1 Å². The summed E-state index contributed by atoms with van der Waals surface area (Å²) in [6.07, 6.45) is 9.57. The molecule has 0 atom stereocenters. The van der Waals surface area contributed by atoms with Crippen molar-refractivity contribution in [2.45, 2.75) is 31.8 Å². The molecular formula is C21H18N4O2S. The molecule has 0 radical (unpaired) electrons. The predicted molar refractivity (Wildman–Crippen MR) is 110 cm³/mol. The average Bonchev–Trinajstić information content (AvgIpc) is 3.38. The maximum Gasteiger partial charge on any atom is 0.258 e. The van der Waals surface area contributed by atoms with Gasteiger partial charge in [0.15, 0.2) is 0 Å². The van der Waals surface area contributed by atoms with Gasteiger partial charge in [-0.15, -0.1) is 11.3 Å². The van der Waals surface area contributed by atoms with Crippen LogP contribution in [0.5, 0.6) is 5.75 Å². The summed E-state index contributed by atoms with van der Waals surface area (Å²) < 4.78 is 7.13. The molecule has 1 fully saturated rings. The molecule has 140 valence electrons. The van der Waals surface area contributed by atoms with Crippen molar-refractivity contribution in [2.24, 2.45) is 0 Å². The molecule has 1 amide bonds. The average molecular weight is 390 g/mol. The number of anilines is 1. The van der Waals surface area contributed by atoms with Gasteiger partial charge in [-0.3, -0.25) is 9.78 Å². The molecule has 0 spiro atoms. The zero-order valence-corrected chi connectivity index (χ0v) is 15.9. The fourth-order valence-electron chi connectivity index (χ4n) is 3.62. The number of fused-ring (bicyclic) bond motifs is 2. The van der Waals surface area contributed by atoms with E-state index in [1.807, 2.05) is 29.6 Å². The second-order valence-corrected chi connectivity index (χ2v) is 7.82. The fourth-order valence-corrected chi connectivity index (χ4v) is 4.48. The Morgan fingerprint density at radius 2 is 2.11 bits per heavy atom. The molecule has 28 heavy (non-hydrogen) atoms. The number of carbonyl (C=O) groups excluding carboxylic acids is 1. The van der Waals surface area contributed by atoms with E-state index >= 15 is 0 Å². The Morgan fingerprint density at radius 3 is 3.00 bits per heavy atom. The molecule has 1 N–H and O–H groups in total. The highest BCUT2D eigenvalue weighted by atomic mass is 32.1. The summed E-state index contributed by atoms with van der Waals surface area (Å²) in [6.45, 7) is 0. The Hall–Kier alpha value is -3.06. The van der Waals surface area contributed by atoms with Crippen LogP contribution in [0.3, 0.4) is 0 Å². The molecule has 6 nitrogen and oxygen atoms in total. The first-order chi connectivity index (χ1) is 13.8. The van der Waals surface area contributed by atoms with Gasteiger partial charge in [0, 0.05) is 29.2 Å². The van der Waals surface area contributed by atoms with Gasteiger partial charge in [0.05, 0.1) is 33.1 Å². The van der Waals surface area contributed by atoms with Gasteiger partial charge in [0.25, 0.3) is 5.91 Å². The molecular weight excluding hydrogens is 372 g/mol. The third-order valence-corrected chi connectivity index (χ3v) is 5.94. The monoisotopic (exact) mass is 390 g/mol. The quantitative estimate of drug-likeness (QED) is 0.541. The number of carbonyl (C=O) groups is 1. The predicted octanol–water partition coefficient (Wildman–Crippen LogP) is 4.81. The smallest absolute Gasteiger partial charge is 0.258 e. The van der Waals surface area contributed by atoms with Crippen molar-refractivity contribution >= 4 is 44.1 Å². The van der Waals surface area contributed by atoms with Gasteiger partial charge in [-0.25, -0.2) is 9.97 Å². The number of benzene rings is 1. The van der Waals surface area contributed by atoms with Crippen molar-refractivity contribution in [1.29, 1.82) is 0 Å². The Kier molecular flexibility index (Phi) is 4.37. The number of hydrogen-bond donors (Lipinski definition) is 1.